The lowest BCUT2D eigenvalue weighted by Gasteiger charge is -2.07. The molecule has 0 fully saturated rings. The molecule has 0 radical (unpaired) electrons. The summed E-state index contributed by atoms with van der Waals surface area (Å²) < 4.78 is 4.75. The second-order valence-corrected chi connectivity index (χ2v) is 5.37. The van der Waals surface area contributed by atoms with Crippen molar-refractivity contribution in [3.63, 3.8) is 0 Å². The number of amides is 2. The molecule has 0 aliphatic rings. The van der Waals surface area contributed by atoms with E-state index in [1.807, 2.05) is 12.1 Å². The molecule has 0 aliphatic heterocycles. The van der Waals surface area contributed by atoms with Crippen molar-refractivity contribution in [1.82, 2.24) is 0 Å². The zero-order chi connectivity index (χ0) is 17.4. The molecule has 0 spiro atoms. The number of hydrogen-bond donors (Lipinski definition) is 2. The summed E-state index contributed by atoms with van der Waals surface area (Å²) in [5, 5.41) is 6.05. The van der Waals surface area contributed by atoms with E-state index in [0.29, 0.717) is 16.4 Å². The highest BCUT2D eigenvalue weighted by Gasteiger charge is 2.03. The van der Waals surface area contributed by atoms with Crippen molar-refractivity contribution < 1.29 is 14.3 Å². The van der Waals surface area contributed by atoms with Gasteiger partial charge < -0.3 is 15.4 Å². The fraction of sp³-hybridized carbons (Fsp3) is 0.111. The predicted octanol–water partition coefficient (Wildman–Crippen LogP) is 3.58. The highest BCUT2D eigenvalue weighted by molar-refractivity contribution is 6.30. The second kappa shape index (κ2) is 8.86. The number of anilines is 2. The number of ether oxygens (including phenoxy) is 1. The molecule has 2 aromatic rings. The summed E-state index contributed by atoms with van der Waals surface area (Å²) in [5.74, 6) is -0.533. The Hall–Kier alpha value is -2.63. The fourth-order valence-corrected chi connectivity index (χ4v) is 2.06. The maximum absolute atomic E-state index is 12.0. The van der Waals surface area contributed by atoms with E-state index in [0.717, 1.165) is 5.56 Å². The second-order valence-electron chi connectivity index (χ2n) is 4.94. The number of methoxy groups -OCH3 is 1. The minimum Gasteiger partial charge on any atom is -0.375 e. The molecule has 0 heterocycles. The highest BCUT2D eigenvalue weighted by atomic mass is 35.5. The van der Waals surface area contributed by atoms with Crippen LogP contribution in [0.5, 0.6) is 0 Å². The van der Waals surface area contributed by atoms with Gasteiger partial charge in [-0.3, -0.25) is 9.59 Å². The molecule has 24 heavy (non-hydrogen) atoms. The fourth-order valence-electron chi connectivity index (χ4n) is 1.93. The van der Waals surface area contributed by atoms with E-state index in [9.17, 15) is 9.59 Å². The molecule has 2 aromatic carbocycles. The Morgan fingerprint density at radius 2 is 1.75 bits per heavy atom. The predicted molar refractivity (Wildman–Crippen MR) is 96.1 cm³/mol. The molecule has 6 heteroatoms. The average Bonchev–Trinajstić information content (AvgIpc) is 2.55. The SMILES string of the molecule is COCC(=O)Nc1cccc(NC(=O)/C=C/c2ccc(Cl)cc2)c1. The maximum Gasteiger partial charge on any atom is 0.250 e. The molecule has 2 N–H and O–H groups in total. The summed E-state index contributed by atoms with van der Waals surface area (Å²) in [7, 11) is 1.45. The van der Waals surface area contributed by atoms with Crippen molar-refractivity contribution >= 4 is 40.9 Å². The molecule has 5 nitrogen and oxygen atoms in total. The van der Waals surface area contributed by atoms with Crippen molar-refractivity contribution in [3.8, 4) is 0 Å². The lowest BCUT2D eigenvalue weighted by atomic mass is 10.2. The Kier molecular flexibility index (Phi) is 6.54. The number of hydrogen-bond acceptors (Lipinski definition) is 3. The third-order valence-corrected chi connectivity index (χ3v) is 3.24. The van der Waals surface area contributed by atoms with E-state index in [-0.39, 0.29) is 18.4 Å². The number of carbonyl (C=O) groups is 2. The monoisotopic (exact) mass is 344 g/mol. The van der Waals surface area contributed by atoms with Gasteiger partial charge in [-0.1, -0.05) is 29.8 Å². The maximum atomic E-state index is 12.0. The van der Waals surface area contributed by atoms with E-state index < -0.39 is 0 Å². The van der Waals surface area contributed by atoms with E-state index in [1.54, 1.807) is 42.5 Å². The highest BCUT2D eigenvalue weighted by Crippen LogP contribution is 2.15. The molecular formula is C18H17ClN2O3. The molecule has 0 aromatic heterocycles. The van der Waals surface area contributed by atoms with Crippen LogP contribution in [0.15, 0.2) is 54.6 Å². The van der Waals surface area contributed by atoms with Gasteiger partial charge in [-0.25, -0.2) is 0 Å². The first-order valence-corrected chi connectivity index (χ1v) is 7.58. The normalized spacial score (nSPS) is 10.6. The van der Waals surface area contributed by atoms with Crippen LogP contribution >= 0.6 is 11.6 Å². The zero-order valence-corrected chi connectivity index (χ0v) is 13.8. The minimum absolute atomic E-state index is 0.0274. The third kappa shape index (κ3) is 5.87. The Bertz CT molecular complexity index is 742. The number of benzene rings is 2. The summed E-state index contributed by atoms with van der Waals surface area (Å²) in [6.45, 7) is -0.0274. The lowest BCUT2D eigenvalue weighted by Crippen LogP contribution is -2.17. The van der Waals surface area contributed by atoms with Gasteiger partial charge in [-0.05, 0) is 42.0 Å². The lowest BCUT2D eigenvalue weighted by molar-refractivity contribution is -0.119. The standard InChI is InChI=1S/C18H17ClN2O3/c1-24-12-18(23)21-16-4-2-3-15(11-16)20-17(22)10-7-13-5-8-14(19)9-6-13/h2-11H,12H2,1H3,(H,20,22)(H,21,23)/b10-7+. The largest absolute Gasteiger partial charge is 0.375 e. The van der Waals surface area contributed by atoms with E-state index in [2.05, 4.69) is 10.6 Å². The van der Waals surface area contributed by atoms with Gasteiger partial charge in [0.2, 0.25) is 11.8 Å². The van der Waals surface area contributed by atoms with Crippen molar-refractivity contribution in [3.05, 3.63) is 65.2 Å². The van der Waals surface area contributed by atoms with Crippen LogP contribution in [0.25, 0.3) is 6.08 Å². The van der Waals surface area contributed by atoms with Crippen molar-refractivity contribution in [2.75, 3.05) is 24.4 Å². The quantitative estimate of drug-likeness (QED) is 0.787. The van der Waals surface area contributed by atoms with Gasteiger partial charge in [-0.2, -0.15) is 0 Å². The van der Waals surface area contributed by atoms with Crippen molar-refractivity contribution in [1.29, 1.82) is 0 Å². The van der Waals surface area contributed by atoms with Gasteiger partial charge in [-0.15, -0.1) is 0 Å². The van der Waals surface area contributed by atoms with E-state index >= 15 is 0 Å². The molecule has 0 saturated carbocycles. The summed E-state index contributed by atoms with van der Waals surface area (Å²) in [6, 6.07) is 14.0. The van der Waals surface area contributed by atoms with Gasteiger partial charge in [0, 0.05) is 29.6 Å². The number of halogens is 1. The summed E-state index contributed by atoms with van der Waals surface area (Å²) in [4.78, 5) is 23.4. The number of rotatable bonds is 6. The van der Waals surface area contributed by atoms with Crippen LogP contribution in [-0.2, 0) is 14.3 Å². The molecule has 0 atom stereocenters. The van der Waals surface area contributed by atoms with Crippen LogP contribution in [0.1, 0.15) is 5.56 Å². The molecule has 124 valence electrons. The topological polar surface area (TPSA) is 67.4 Å². The van der Waals surface area contributed by atoms with E-state index in [4.69, 9.17) is 16.3 Å². The van der Waals surface area contributed by atoms with Crippen LogP contribution in [-0.4, -0.2) is 25.5 Å². The molecule has 2 amide bonds. The Labute approximate surface area is 145 Å². The van der Waals surface area contributed by atoms with Crippen LogP contribution in [0.4, 0.5) is 11.4 Å². The first kappa shape index (κ1) is 17.7. The number of carbonyl (C=O) groups excluding carboxylic acids is 2. The van der Waals surface area contributed by atoms with E-state index in [1.165, 1.54) is 13.2 Å². The zero-order valence-electron chi connectivity index (χ0n) is 13.1. The van der Waals surface area contributed by atoms with Crippen LogP contribution < -0.4 is 10.6 Å². The van der Waals surface area contributed by atoms with Crippen LogP contribution in [0, 0.1) is 0 Å². The van der Waals surface area contributed by atoms with Gasteiger partial charge in [0.05, 0.1) is 0 Å². The summed E-state index contributed by atoms with van der Waals surface area (Å²) in [6.07, 6.45) is 3.12. The molecular weight excluding hydrogens is 328 g/mol. The molecule has 0 bridgehead atoms. The first-order chi connectivity index (χ1) is 11.6. The minimum atomic E-state index is -0.273. The smallest absolute Gasteiger partial charge is 0.250 e. The van der Waals surface area contributed by atoms with Gasteiger partial charge >= 0.3 is 0 Å². The molecule has 2 rings (SSSR count). The summed E-state index contributed by atoms with van der Waals surface area (Å²) >= 11 is 5.81. The van der Waals surface area contributed by atoms with Gasteiger partial charge in [0.1, 0.15) is 6.61 Å². The van der Waals surface area contributed by atoms with Crippen molar-refractivity contribution in [2.45, 2.75) is 0 Å². The van der Waals surface area contributed by atoms with Crippen molar-refractivity contribution in [2.24, 2.45) is 0 Å². The Morgan fingerprint density at radius 1 is 1.08 bits per heavy atom. The van der Waals surface area contributed by atoms with Gasteiger partial charge in [0.15, 0.2) is 0 Å². The molecule has 0 unspecified atom stereocenters. The first-order valence-electron chi connectivity index (χ1n) is 7.20. The third-order valence-electron chi connectivity index (χ3n) is 2.99. The molecule has 0 aliphatic carbocycles. The van der Waals surface area contributed by atoms with Crippen LogP contribution in [0.2, 0.25) is 5.02 Å². The molecule has 0 saturated heterocycles. The van der Waals surface area contributed by atoms with Crippen LogP contribution in [0.3, 0.4) is 0 Å². The Balaban J connectivity index is 1.96. The summed E-state index contributed by atoms with van der Waals surface area (Å²) in [5.41, 5.74) is 2.03. The number of nitrogens with one attached hydrogen (secondary N) is 2. The van der Waals surface area contributed by atoms with Gasteiger partial charge in [0.25, 0.3) is 0 Å². The average molecular weight is 345 g/mol. The Morgan fingerprint density at radius 3 is 2.42 bits per heavy atom.